The Bertz CT molecular complexity index is 236. The molecule has 100 valence electrons. The monoisotopic (exact) mass is 242 g/mol. The molecule has 1 aliphatic heterocycles. The Labute approximate surface area is 104 Å². The van der Waals surface area contributed by atoms with Crippen LogP contribution in [0.3, 0.4) is 0 Å². The Balaban J connectivity index is 2.18. The lowest BCUT2D eigenvalue weighted by molar-refractivity contribution is -0.126. The van der Waals surface area contributed by atoms with Gasteiger partial charge in [0.25, 0.3) is 0 Å². The number of hydrogen-bond donors (Lipinski definition) is 2. The van der Waals surface area contributed by atoms with Crippen molar-refractivity contribution in [2.75, 3.05) is 19.7 Å². The highest BCUT2D eigenvalue weighted by Gasteiger charge is 2.25. The molecule has 4 nitrogen and oxygen atoms in total. The van der Waals surface area contributed by atoms with Crippen LogP contribution in [0.5, 0.6) is 0 Å². The van der Waals surface area contributed by atoms with Crippen LogP contribution in [0.1, 0.15) is 46.5 Å². The van der Waals surface area contributed by atoms with E-state index in [4.69, 9.17) is 4.74 Å². The summed E-state index contributed by atoms with van der Waals surface area (Å²) >= 11 is 0. The van der Waals surface area contributed by atoms with Gasteiger partial charge in [-0.1, -0.05) is 6.92 Å². The summed E-state index contributed by atoms with van der Waals surface area (Å²) in [6, 6.07) is 0. The van der Waals surface area contributed by atoms with Crippen LogP contribution < -0.4 is 10.6 Å². The van der Waals surface area contributed by atoms with Gasteiger partial charge < -0.3 is 15.4 Å². The second-order valence-corrected chi connectivity index (χ2v) is 5.19. The minimum Gasteiger partial charge on any atom is -0.378 e. The number of amides is 1. The molecule has 0 bridgehead atoms. The smallest absolute Gasteiger partial charge is 0.239 e. The molecule has 1 aliphatic rings. The highest BCUT2D eigenvalue weighted by atomic mass is 16.5. The lowest BCUT2D eigenvalue weighted by Gasteiger charge is -2.26. The summed E-state index contributed by atoms with van der Waals surface area (Å²) < 4.78 is 5.63. The molecule has 0 saturated carbocycles. The van der Waals surface area contributed by atoms with Gasteiger partial charge in [-0.25, -0.2) is 0 Å². The number of nitrogens with one attached hydrogen (secondary N) is 2. The van der Waals surface area contributed by atoms with E-state index in [1.165, 1.54) is 12.8 Å². The van der Waals surface area contributed by atoms with Crippen molar-refractivity contribution in [1.82, 2.24) is 10.6 Å². The maximum Gasteiger partial charge on any atom is 0.239 e. The van der Waals surface area contributed by atoms with E-state index in [9.17, 15) is 4.79 Å². The van der Waals surface area contributed by atoms with E-state index in [0.717, 1.165) is 26.0 Å². The van der Waals surface area contributed by atoms with Crippen LogP contribution in [0.2, 0.25) is 0 Å². The van der Waals surface area contributed by atoms with Crippen molar-refractivity contribution in [2.45, 2.75) is 58.1 Å². The molecule has 1 amide bonds. The van der Waals surface area contributed by atoms with Crippen molar-refractivity contribution < 1.29 is 9.53 Å². The fourth-order valence-corrected chi connectivity index (χ4v) is 2.12. The van der Waals surface area contributed by atoms with E-state index in [-0.39, 0.29) is 5.91 Å². The molecule has 0 aromatic heterocycles. The number of ether oxygens (including phenoxy) is 1. The molecule has 1 heterocycles. The van der Waals surface area contributed by atoms with Crippen molar-refractivity contribution >= 4 is 5.91 Å². The molecular formula is C13H26N2O2. The zero-order valence-electron chi connectivity index (χ0n) is 11.3. The van der Waals surface area contributed by atoms with Crippen molar-refractivity contribution in [3.8, 4) is 0 Å². The summed E-state index contributed by atoms with van der Waals surface area (Å²) in [5.74, 6) is 0.0650. The molecular weight excluding hydrogens is 216 g/mol. The SMILES string of the molecule is CCNC(C)(C)C(=O)NCCC1CCCCO1. The van der Waals surface area contributed by atoms with Crippen molar-refractivity contribution in [3.63, 3.8) is 0 Å². The molecule has 17 heavy (non-hydrogen) atoms. The average Bonchev–Trinajstić information content (AvgIpc) is 2.30. The van der Waals surface area contributed by atoms with Gasteiger partial charge in [-0.05, 0) is 46.1 Å². The summed E-state index contributed by atoms with van der Waals surface area (Å²) in [4.78, 5) is 11.9. The molecule has 2 N–H and O–H groups in total. The van der Waals surface area contributed by atoms with Crippen molar-refractivity contribution in [3.05, 3.63) is 0 Å². The second kappa shape index (κ2) is 6.97. The first-order valence-corrected chi connectivity index (χ1v) is 6.71. The van der Waals surface area contributed by atoms with Crippen LogP contribution in [0, 0.1) is 0 Å². The Morgan fingerprint density at radius 3 is 2.76 bits per heavy atom. The number of carbonyl (C=O) groups excluding carboxylic acids is 1. The van der Waals surface area contributed by atoms with E-state index in [1.807, 2.05) is 20.8 Å². The Morgan fingerprint density at radius 2 is 2.18 bits per heavy atom. The minimum atomic E-state index is -0.484. The summed E-state index contributed by atoms with van der Waals surface area (Å²) in [6.07, 6.45) is 4.82. The van der Waals surface area contributed by atoms with Gasteiger partial charge >= 0.3 is 0 Å². The van der Waals surface area contributed by atoms with Crippen molar-refractivity contribution in [1.29, 1.82) is 0 Å². The second-order valence-electron chi connectivity index (χ2n) is 5.19. The minimum absolute atomic E-state index is 0.0650. The third kappa shape index (κ3) is 5.04. The highest BCUT2D eigenvalue weighted by molar-refractivity contribution is 5.85. The lowest BCUT2D eigenvalue weighted by Crippen LogP contribution is -2.52. The topological polar surface area (TPSA) is 50.4 Å². The summed E-state index contributed by atoms with van der Waals surface area (Å²) in [7, 11) is 0. The Hall–Kier alpha value is -0.610. The van der Waals surface area contributed by atoms with Gasteiger partial charge in [-0.15, -0.1) is 0 Å². The number of likely N-dealkylation sites (N-methyl/N-ethyl adjacent to an activating group) is 1. The van der Waals surface area contributed by atoms with Crippen LogP contribution in [0.4, 0.5) is 0 Å². The summed E-state index contributed by atoms with van der Waals surface area (Å²) in [5.41, 5.74) is -0.484. The van der Waals surface area contributed by atoms with E-state index >= 15 is 0 Å². The van der Waals surface area contributed by atoms with Gasteiger partial charge in [0, 0.05) is 13.2 Å². The quantitative estimate of drug-likeness (QED) is 0.741. The van der Waals surface area contributed by atoms with Crippen LogP contribution in [-0.2, 0) is 9.53 Å². The molecule has 1 rings (SSSR count). The molecule has 0 aliphatic carbocycles. The van der Waals surface area contributed by atoms with Crippen LogP contribution in [0.25, 0.3) is 0 Å². The predicted octanol–water partition coefficient (Wildman–Crippen LogP) is 1.45. The first-order chi connectivity index (χ1) is 8.06. The molecule has 0 spiro atoms. The molecule has 1 unspecified atom stereocenters. The predicted molar refractivity (Wildman–Crippen MR) is 69.0 cm³/mol. The molecule has 4 heteroatoms. The molecule has 0 radical (unpaired) electrons. The maximum absolute atomic E-state index is 11.9. The molecule has 0 aromatic carbocycles. The van der Waals surface area contributed by atoms with Crippen LogP contribution >= 0.6 is 0 Å². The van der Waals surface area contributed by atoms with Gasteiger partial charge in [0.05, 0.1) is 11.6 Å². The Morgan fingerprint density at radius 1 is 1.41 bits per heavy atom. The van der Waals surface area contributed by atoms with Gasteiger partial charge in [0.1, 0.15) is 0 Å². The lowest BCUT2D eigenvalue weighted by atomic mass is 10.0. The van der Waals surface area contributed by atoms with E-state index in [0.29, 0.717) is 12.6 Å². The average molecular weight is 242 g/mol. The number of rotatable bonds is 6. The van der Waals surface area contributed by atoms with E-state index < -0.39 is 5.54 Å². The van der Waals surface area contributed by atoms with E-state index in [1.54, 1.807) is 0 Å². The van der Waals surface area contributed by atoms with Crippen molar-refractivity contribution in [2.24, 2.45) is 0 Å². The number of carbonyl (C=O) groups is 1. The van der Waals surface area contributed by atoms with Gasteiger partial charge in [-0.3, -0.25) is 4.79 Å². The Kier molecular flexibility index (Phi) is 5.92. The summed E-state index contributed by atoms with van der Waals surface area (Å²) in [6.45, 7) is 8.20. The van der Waals surface area contributed by atoms with Crippen LogP contribution in [0.15, 0.2) is 0 Å². The third-order valence-electron chi connectivity index (χ3n) is 3.21. The van der Waals surface area contributed by atoms with Gasteiger partial charge in [0.2, 0.25) is 5.91 Å². The molecule has 0 aromatic rings. The molecule has 1 fully saturated rings. The third-order valence-corrected chi connectivity index (χ3v) is 3.21. The first kappa shape index (κ1) is 14.5. The van der Waals surface area contributed by atoms with E-state index in [2.05, 4.69) is 10.6 Å². The maximum atomic E-state index is 11.9. The normalized spacial score (nSPS) is 21.2. The standard InChI is InChI=1S/C13H26N2O2/c1-4-15-13(2,3)12(16)14-9-8-11-7-5-6-10-17-11/h11,15H,4-10H2,1-3H3,(H,14,16). The number of hydrogen-bond acceptors (Lipinski definition) is 3. The zero-order chi connectivity index (χ0) is 12.7. The molecule has 1 saturated heterocycles. The highest BCUT2D eigenvalue weighted by Crippen LogP contribution is 2.14. The first-order valence-electron chi connectivity index (χ1n) is 6.71. The van der Waals surface area contributed by atoms with Crippen LogP contribution in [-0.4, -0.2) is 37.2 Å². The fraction of sp³-hybridized carbons (Fsp3) is 0.923. The summed E-state index contributed by atoms with van der Waals surface area (Å²) in [5, 5.41) is 6.14. The molecule has 1 atom stereocenters. The van der Waals surface area contributed by atoms with Gasteiger partial charge in [0.15, 0.2) is 0 Å². The van der Waals surface area contributed by atoms with Gasteiger partial charge in [-0.2, -0.15) is 0 Å². The largest absolute Gasteiger partial charge is 0.378 e. The zero-order valence-corrected chi connectivity index (χ0v) is 11.3. The fourth-order valence-electron chi connectivity index (χ4n) is 2.12.